The lowest BCUT2D eigenvalue weighted by atomic mass is 10.0. The lowest BCUT2D eigenvalue weighted by Gasteiger charge is -2.16. The Hall–Kier alpha value is -4.16. The summed E-state index contributed by atoms with van der Waals surface area (Å²) in [6.45, 7) is 0.840. The zero-order valence-corrected chi connectivity index (χ0v) is 26.2. The first-order valence-electron chi connectivity index (χ1n) is 15.2. The number of halogens is 1. The number of carbonyl (C=O) groups is 3. The Bertz CT molecular complexity index is 1670. The van der Waals surface area contributed by atoms with Crippen molar-refractivity contribution < 1.29 is 14.4 Å². The number of nitrogens with zero attached hydrogens (tertiary/aromatic N) is 4. The van der Waals surface area contributed by atoms with Crippen molar-refractivity contribution in [2.75, 3.05) is 18.8 Å². The minimum absolute atomic E-state index is 0.0101. The van der Waals surface area contributed by atoms with E-state index in [9.17, 15) is 14.4 Å². The van der Waals surface area contributed by atoms with E-state index >= 15 is 0 Å². The molecule has 45 heavy (non-hydrogen) atoms. The van der Waals surface area contributed by atoms with Crippen molar-refractivity contribution >= 4 is 52.2 Å². The van der Waals surface area contributed by atoms with Gasteiger partial charge < -0.3 is 21.3 Å². The van der Waals surface area contributed by atoms with Crippen molar-refractivity contribution in [2.24, 2.45) is 0 Å². The summed E-state index contributed by atoms with van der Waals surface area (Å²) in [5.74, 6) is 0.725. The Labute approximate surface area is 270 Å². The fourth-order valence-corrected chi connectivity index (χ4v) is 7.67. The van der Waals surface area contributed by atoms with Gasteiger partial charge in [-0.25, -0.2) is 9.48 Å². The average molecular weight is 647 g/mol. The monoisotopic (exact) mass is 646 g/mol. The number of hydrogen-bond acceptors (Lipinski definition) is 7. The van der Waals surface area contributed by atoms with Crippen LogP contribution in [0.5, 0.6) is 0 Å². The predicted octanol–water partition coefficient (Wildman–Crippen LogP) is 4.16. The summed E-state index contributed by atoms with van der Waals surface area (Å²) in [6, 6.07) is 19.6. The Morgan fingerprint density at radius 1 is 0.889 bits per heavy atom. The van der Waals surface area contributed by atoms with Gasteiger partial charge >= 0.3 is 6.03 Å². The van der Waals surface area contributed by atoms with E-state index in [0.29, 0.717) is 58.6 Å². The highest BCUT2D eigenvalue weighted by atomic mass is 35.5. The van der Waals surface area contributed by atoms with Crippen LogP contribution >= 0.6 is 23.4 Å². The van der Waals surface area contributed by atoms with Crippen LogP contribution < -0.4 is 21.3 Å². The molecule has 6 rings (SSSR count). The van der Waals surface area contributed by atoms with E-state index < -0.39 is 0 Å². The third-order valence-corrected chi connectivity index (χ3v) is 9.94. The highest BCUT2D eigenvalue weighted by Gasteiger charge is 2.42. The van der Waals surface area contributed by atoms with Gasteiger partial charge in [0.1, 0.15) is 17.9 Å². The summed E-state index contributed by atoms with van der Waals surface area (Å²) < 4.78 is 1.53. The maximum absolute atomic E-state index is 12.9. The third-order valence-electron chi connectivity index (χ3n) is 8.06. The zero-order valence-electron chi connectivity index (χ0n) is 24.7. The first kappa shape index (κ1) is 30.8. The molecule has 4 amide bonds. The van der Waals surface area contributed by atoms with Crippen LogP contribution in [0.3, 0.4) is 0 Å². The smallest absolute Gasteiger partial charge is 0.315 e. The van der Waals surface area contributed by atoms with E-state index in [1.165, 1.54) is 4.68 Å². The maximum Gasteiger partial charge on any atom is 0.315 e. The molecule has 4 aromatic rings. The molecule has 2 aromatic heterocycles. The Balaban J connectivity index is 0.974. The molecule has 0 radical (unpaired) electrons. The number of amides is 4. The standard InChI is InChI=1S/C32H35ClN8O3S/c33-27-26-28(20-10-3-1-4-11-20)40-41(31(26)39-38-29(27)21-12-5-2-6-13-21)18-25(43)35-17-9-16-34-24(42)15-8-7-14-23-30-22(19-45-23)36-32(44)37-30/h1-6,10-13,22-23,30H,7-9,14-19H2,(H,34,42)(H,35,43)(H2,36,37,44)/t22-,23-,30-/m0/s1. The van der Waals surface area contributed by atoms with Gasteiger partial charge in [0.05, 0.1) is 22.5 Å². The van der Waals surface area contributed by atoms with Crippen LogP contribution in [0.2, 0.25) is 5.02 Å². The normalized spacial score (nSPS) is 18.8. The number of fused-ring (bicyclic) bond motifs is 2. The van der Waals surface area contributed by atoms with Crippen LogP contribution in [0.1, 0.15) is 32.1 Å². The number of thioether (sulfide) groups is 1. The Morgan fingerprint density at radius 3 is 2.31 bits per heavy atom. The van der Waals surface area contributed by atoms with Gasteiger partial charge in [0.25, 0.3) is 0 Å². The molecule has 0 unspecified atom stereocenters. The molecule has 13 heteroatoms. The quantitative estimate of drug-likeness (QED) is 0.126. The van der Waals surface area contributed by atoms with E-state index in [-0.39, 0.29) is 36.5 Å². The number of benzene rings is 2. The van der Waals surface area contributed by atoms with Gasteiger partial charge in [0.15, 0.2) is 5.65 Å². The minimum atomic E-state index is -0.226. The molecule has 2 aromatic carbocycles. The second-order valence-corrected chi connectivity index (χ2v) is 12.9. The molecule has 3 atom stereocenters. The topological polar surface area (TPSA) is 143 Å². The highest BCUT2D eigenvalue weighted by molar-refractivity contribution is 8.00. The Morgan fingerprint density at radius 2 is 1.58 bits per heavy atom. The van der Waals surface area contributed by atoms with Crippen molar-refractivity contribution in [1.82, 2.24) is 41.2 Å². The van der Waals surface area contributed by atoms with Crippen molar-refractivity contribution in [3.63, 3.8) is 0 Å². The van der Waals surface area contributed by atoms with Gasteiger partial charge in [0, 0.05) is 41.6 Å². The van der Waals surface area contributed by atoms with Gasteiger partial charge in [0.2, 0.25) is 11.8 Å². The summed E-state index contributed by atoms with van der Waals surface area (Å²) in [5.41, 5.74) is 3.31. The van der Waals surface area contributed by atoms with E-state index in [2.05, 4.69) is 31.5 Å². The molecule has 0 aliphatic carbocycles. The molecule has 2 aliphatic rings. The van der Waals surface area contributed by atoms with E-state index in [4.69, 9.17) is 16.7 Å². The number of urea groups is 1. The minimum Gasteiger partial charge on any atom is -0.356 e. The molecular formula is C32H35ClN8O3S. The summed E-state index contributed by atoms with van der Waals surface area (Å²) >= 11 is 8.80. The van der Waals surface area contributed by atoms with Crippen molar-refractivity contribution in [3.05, 3.63) is 65.7 Å². The first-order valence-corrected chi connectivity index (χ1v) is 16.7. The van der Waals surface area contributed by atoms with Crippen LogP contribution in [-0.2, 0) is 16.1 Å². The third kappa shape index (κ3) is 7.23. The summed E-state index contributed by atoms with van der Waals surface area (Å²) in [4.78, 5) is 36.7. The molecule has 4 N–H and O–H groups in total. The van der Waals surface area contributed by atoms with E-state index in [1.54, 1.807) is 0 Å². The molecule has 234 valence electrons. The van der Waals surface area contributed by atoms with Gasteiger partial charge in [-0.05, 0) is 19.3 Å². The molecule has 0 bridgehead atoms. The molecule has 2 saturated heterocycles. The van der Waals surface area contributed by atoms with Gasteiger partial charge in [-0.2, -0.15) is 16.9 Å². The second kappa shape index (κ2) is 14.3. The van der Waals surface area contributed by atoms with Crippen LogP contribution in [0, 0.1) is 0 Å². The fourth-order valence-electron chi connectivity index (χ4n) is 5.80. The lowest BCUT2D eigenvalue weighted by molar-refractivity contribution is -0.121. The van der Waals surface area contributed by atoms with E-state index in [0.717, 1.165) is 36.1 Å². The SMILES string of the molecule is O=C(CCCC[C@@H]1SC[C@@H]2NC(=O)N[C@@H]21)NCCCNC(=O)Cn1nc(-c2ccccc2)c2c(Cl)c(-c3ccccc3)nnc21. The fraction of sp³-hybridized carbons (Fsp3) is 0.375. The van der Waals surface area contributed by atoms with Crippen molar-refractivity contribution in [1.29, 1.82) is 0 Å². The number of aromatic nitrogens is 4. The van der Waals surface area contributed by atoms with Crippen LogP contribution in [0.25, 0.3) is 33.5 Å². The molecule has 0 spiro atoms. The number of nitrogens with one attached hydrogen (secondary N) is 4. The van der Waals surface area contributed by atoms with Crippen molar-refractivity contribution in [3.8, 4) is 22.5 Å². The molecule has 2 aliphatic heterocycles. The molecule has 0 saturated carbocycles. The van der Waals surface area contributed by atoms with Crippen LogP contribution in [-0.4, -0.2) is 74.0 Å². The number of hydrogen-bond donors (Lipinski definition) is 4. The summed E-state index contributed by atoms with van der Waals surface area (Å²) in [7, 11) is 0. The van der Waals surface area contributed by atoms with Gasteiger partial charge in [-0.15, -0.1) is 10.2 Å². The predicted molar refractivity (Wildman–Crippen MR) is 176 cm³/mol. The second-order valence-electron chi connectivity index (χ2n) is 11.2. The van der Waals surface area contributed by atoms with E-state index in [1.807, 2.05) is 72.4 Å². The molecule has 4 heterocycles. The van der Waals surface area contributed by atoms with Crippen LogP contribution in [0.4, 0.5) is 4.79 Å². The summed E-state index contributed by atoms with van der Waals surface area (Å²) in [6.07, 6.45) is 3.80. The number of rotatable bonds is 13. The maximum atomic E-state index is 12.9. The lowest BCUT2D eigenvalue weighted by Crippen LogP contribution is -2.36. The number of unbranched alkanes of at least 4 members (excludes halogenated alkanes) is 1. The van der Waals surface area contributed by atoms with Gasteiger partial charge in [-0.1, -0.05) is 78.7 Å². The summed E-state index contributed by atoms with van der Waals surface area (Å²) in [5, 5.41) is 26.8. The molecule has 11 nitrogen and oxygen atoms in total. The largest absolute Gasteiger partial charge is 0.356 e. The number of carbonyl (C=O) groups excluding carboxylic acids is 3. The van der Waals surface area contributed by atoms with Crippen molar-refractivity contribution in [2.45, 2.75) is 56.0 Å². The average Bonchev–Trinajstić information content (AvgIpc) is 3.73. The highest BCUT2D eigenvalue weighted by Crippen LogP contribution is 2.37. The Kier molecular flexibility index (Phi) is 9.80. The van der Waals surface area contributed by atoms with Gasteiger partial charge in [-0.3, -0.25) is 9.59 Å². The molecular weight excluding hydrogens is 612 g/mol. The zero-order chi connectivity index (χ0) is 31.2. The first-order chi connectivity index (χ1) is 22.0. The van der Waals surface area contributed by atoms with Crippen LogP contribution in [0.15, 0.2) is 60.7 Å². The molecule has 2 fully saturated rings.